The van der Waals surface area contributed by atoms with Crippen LogP contribution in [0, 0.1) is 23.0 Å². The van der Waals surface area contributed by atoms with Crippen molar-refractivity contribution in [1.82, 2.24) is 10.2 Å². The number of rotatable bonds is 14. The molecule has 3 amide bonds. The third-order valence-corrected chi connectivity index (χ3v) is 8.71. The summed E-state index contributed by atoms with van der Waals surface area (Å²) in [6.07, 6.45) is 7.03. The molecule has 1 saturated carbocycles. The van der Waals surface area contributed by atoms with Crippen molar-refractivity contribution < 1.29 is 28.3 Å². The van der Waals surface area contributed by atoms with E-state index in [0.29, 0.717) is 37.1 Å². The number of aliphatic hydroxyl groups is 1. The van der Waals surface area contributed by atoms with Gasteiger partial charge in [-0.1, -0.05) is 50.8 Å². The number of aliphatic hydroxyl groups excluding tert-OH is 1. The molecule has 0 bridgehead atoms. The van der Waals surface area contributed by atoms with Crippen molar-refractivity contribution >= 4 is 17.7 Å². The second-order valence-electron chi connectivity index (χ2n) is 12.0. The molecule has 1 fully saturated rings. The van der Waals surface area contributed by atoms with Crippen molar-refractivity contribution in [3.63, 3.8) is 0 Å². The Bertz CT molecular complexity index is 1180. The summed E-state index contributed by atoms with van der Waals surface area (Å²) in [6, 6.07) is 3.06. The monoisotopic (exact) mass is 588 g/mol. The average Bonchev–Trinajstić information content (AvgIpc) is 2.93. The highest BCUT2D eigenvalue weighted by atomic mass is 19.1. The van der Waals surface area contributed by atoms with Crippen LogP contribution in [0.15, 0.2) is 41.5 Å². The molecule has 8 nitrogen and oxygen atoms in total. The predicted octanol–water partition coefficient (Wildman–Crippen LogP) is 3.66. The van der Waals surface area contributed by atoms with Crippen LogP contribution in [0.25, 0.3) is 0 Å². The van der Waals surface area contributed by atoms with Crippen LogP contribution in [0.3, 0.4) is 0 Å². The van der Waals surface area contributed by atoms with Crippen LogP contribution in [-0.2, 0) is 20.8 Å². The number of benzene rings is 1. The summed E-state index contributed by atoms with van der Waals surface area (Å²) < 4.78 is 28.5. The molecule has 1 unspecified atom stereocenters. The summed E-state index contributed by atoms with van der Waals surface area (Å²) in [6.45, 7) is 6.69. The Morgan fingerprint density at radius 1 is 1.00 bits per heavy atom. The number of hydrogen-bond acceptors (Lipinski definition) is 5. The average molecular weight is 589 g/mol. The van der Waals surface area contributed by atoms with Gasteiger partial charge >= 0.3 is 0 Å². The Kier molecular flexibility index (Phi) is 11.4. The maximum Gasteiger partial charge on any atom is 0.249 e. The predicted molar refractivity (Wildman–Crippen MR) is 158 cm³/mol. The van der Waals surface area contributed by atoms with E-state index in [1.54, 1.807) is 24.0 Å². The molecule has 3 rings (SSSR count). The number of β-amino-alcohol motifs (C(OH)–C–C–N with tert-alkyl or cyclic N) is 1. The lowest BCUT2D eigenvalue weighted by Gasteiger charge is -2.43. The maximum atomic E-state index is 14.2. The van der Waals surface area contributed by atoms with Crippen LogP contribution in [0.2, 0.25) is 0 Å². The Hall–Kier alpha value is -3.11. The largest absolute Gasteiger partial charge is 0.391 e. The summed E-state index contributed by atoms with van der Waals surface area (Å²) in [5.74, 6) is -4.07. The van der Waals surface area contributed by atoms with Crippen LogP contribution < -0.4 is 16.8 Å². The third-order valence-electron chi connectivity index (χ3n) is 8.71. The highest BCUT2D eigenvalue weighted by Gasteiger charge is 2.49. The van der Waals surface area contributed by atoms with E-state index in [0.717, 1.165) is 50.3 Å². The van der Waals surface area contributed by atoms with E-state index < -0.39 is 46.4 Å². The Morgan fingerprint density at radius 2 is 1.60 bits per heavy atom. The topological polar surface area (TPSA) is 139 Å². The van der Waals surface area contributed by atoms with E-state index in [1.807, 2.05) is 13.8 Å². The molecular formula is C32H46F2N4O4. The number of hydrogen-bond donors (Lipinski definition) is 4. The van der Waals surface area contributed by atoms with Crippen LogP contribution in [0.4, 0.5) is 8.78 Å². The van der Waals surface area contributed by atoms with E-state index in [9.17, 15) is 28.3 Å². The molecule has 1 aromatic rings. The molecule has 0 spiro atoms. The number of nitrogens with one attached hydrogen (secondary N) is 1. The SMILES string of the molecule is CCCN(CCC)C(=O)C1=CC(C)=CC(C(N)=O)([C@H](Cc2cc(F)cc(F)c2)[C@@H](O)CNC2(C(N)=O)CCCCC2)C1. The number of carbonyl (C=O) groups excluding carboxylic acids is 3. The summed E-state index contributed by atoms with van der Waals surface area (Å²) >= 11 is 0. The number of nitrogens with zero attached hydrogens (tertiary/aromatic N) is 1. The fraction of sp³-hybridized carbons (Fsp3) is 0.594. The number of allylic oxidation sites excluding steroid dienone is 2. The summed E-state index contributed by atoms with van der Waals surface area (Å²) in [7, 11) is 0. The fourth-order valence-electron chi connectivity index (χ4n) is 6.67. The van der Waals surface area contributed by atoms with Gasteiger partial charge in [-0.15, -0.1) is 0 Å². The number of halogens is 2. The van der Waals surface area contributed by atoms with Gasteiger partial charge in [0.25, 0.3) is 0 Å². The zero-order chi connectivity index (χ0) is 31.1. The molecule has 1 aromatic carbocycles. The van der Waals surface area contributed by atoms with E-state index in [1.165, 1.54) is 0 Å². The first-order valence-electron chi connectivity index (χ1n) is 15.0. The lowest BCUT2D eigenvalue weighted by Crippen LogP contribution is -2.60. The van der Waals surface area contributed by atoms with Gasteiger partial charge in [0.1, 0.15) is 11.6 Å². The fourth-order valence-corrected chi connectivity index (χ4v) is 6.67. The first kappa shape index (κ1) is 33.4. The molecule has 0 radical (unpaired) electrons. The molecule has 0 saturated heterocycles. The number of primary amides is 2. The van der Waals surface area contributed by atoms with Gasteiger partial charge in [0.2, 0.25) is 17.7 Å². The molecule has 2 aliphatic carbocycles. The zero-order valence-corrected chi connectivity index (χ0v) is 25.1. The minimum absolute atomic E-state index is 0.0804. The van der Waals surface area contributed by atoms with E-state index >= 15 is 0 Å². The highest BCUT2D eigenvalue weighted by Crippen LogP contribution is 2.44. The molecule has 232 valence electrons. The van der Waals surface area contributed by atoms with Crippen molar-refractivity contribution in [3.8, 4) is 0 Å². The highest BCUT2D eigenvalue weighted by molar-refractivity contribution is 5.97. The molecule has 10 heteroatoms. The Morgan fingerprint density at radius 3 is 2.12 bits per heavy atom. The smallest absolute Gasteiger partial charge is 0.249 e. The van der Waals surface area contributed by atoms with Gasteiger partial charge in [-0.3, -0.25) is 14.4 Å². The molecule has 0 aliphatic heterocycles. The van der Waals surface area contributed by atoms with Crippen molar-refractivity contribution in [3.05, 3.63) is 58.7 Å². The molecule has 0 heterocycles. The van der Waals surface area contributed by atoms with Gasteiger partial charge in [-0.2, -0.15) is 0 Å². The summed E-state index contributed by atoms with van der Waals surface area (Å²) in [5.41, 5.74) is 10.6. The van der Waals surface area contributed by atoms with E-state index in [-0.39, 0.29) is 30.9 Å². The second-order valence-corrected chi connectivity index (χ2v) is 12.0. The van der Waals surface area contributed by atoms with Gasteiger partial charge in [0.15, 0.2) is 0 Å². The van der Waals surface area contributed by atoms with Gasteiger partial charge < -0.3 is 26.8 Å². The van der Waals surface area contributed by atoms with Crippen LogP contribution in [-0.4, -0.2) is 59.0 Å². The maximum absolute atomic E-state index is 14.2. The standard InChI is InChI=1S/C32H46F2N4O4/c1-4-11-38(12-5-2)28(40)23-13-21(3)18-31(19-23,29(35)41)26(16-22-14-24(33)17-25(34)15-22)27(39)20-37-32(30(36)42)9-7-6-8-10-32/h13-15,17-18,26-27,37,39H,4-12,16,19-20H2,1-3H3,(H2,35,41)(H2,36,42)/t26-,27+,31?/m1/s1. The first-order chi connectivity index (χ1) is 19.9. The van der Waals surface area contributed by atoms with Crippen LogP contribution in [0.1, 0.15) is 77.7 Å². The van der Waals surface area contributed by atoms with Gasteiger partial charge in [0.05, 0.1) is 17.1 Å². The molecule has 2 aliphatic rings. The first-order valence-corrected chi connectivity index (χ1v) is 15.0. The van der Waals surface area contributed by atoms with E-state index in [4.69, 9.17) is 11.5 Å². The van der Waals surface area contributed by atoms with Crippen molar-refractivity contribution in [2.45, 2.75) is 90.2 Å². The molecular weight excluding hydrogens is 542 g/mol. The zero-order valence-electron chi connectivity index (χ0n) is 25.1. The summed E-state index contributed by atoms with van der Waals surface area (Å²) in [4.78, 5) is 41.3. The second kappa shape index (κ2) is 14.4. The number of carbonyl (C=O) groups is 3. The van der Waals surface area contributed by atoms with Crippen LogP contribution in [0.5, 0.6) is 0 Å². The minimum atomic E-state index is -1.55. The van der Waals surface area contributed by atoms with Crippen molar-refractivity contribution in [1.29, 1.82) is 0 Å². The lowest BCUT2D eigenvalue weighted by atomic mass is 9.63. The van der Waals surface area contributed by atoms with Gasteiger partial charge in [0, 0.05) is 37.2 Å². The number of nitrogens with two attached hydrogens (primary N) is 2. The summed E-state index contributed by atoms with van der Waals surface area (Å²) in [5, 5.41) is 14.9. The van der Waals surface area contributed by atoms with Gasteiger partial charge in [-0.05, 0) is 63.1 Å². The Balaban J connectivity index is 2.04. The van der Waals surface area contributed by atoms with Gasteiger partial charge in [-0.25, -0.2) is 8.78 Å². The molecule has 3 atom stereocenters. The van der Waals surface area contributed by atoms with Crippen LogP contribution >= 0.6 is 0 Å². The third kappa shape index (κ3) is 7.64. The number of amides is 3. The minimum Gasteiger partial charge on any atom is -0.391 e. The van der Waals surface area contributed by atoms with E-state index in [2.05, 4.69) is 5.32 Å². The Labute approximate surface area is 247 Å². The normalized spacial score (nSPS) is 21.6. The molecule has 0 aromatic heterocycles. The lowest BCUT2D eigenvalue weighted by molar-refractivity contribution is -0.133. The molecule has 6 N–H and O–H groups in total. The molecule has 42 heavy (non-hydrogen) atoms. The van der Waals surface area contributed by atoms with Crippen molar-refractivity contribution in [2.24, 2.45) is 22.8 Å². The quantitative estimate of drug-likeness (QED) is 0.263. The van der Waals surface area contributed by atoms with Crippen molar-refractivity contribution in [2.75, 3.05) is 19.6 Å².